The van der Waals surface area contributed by atoms with Crippen LogP contribution < -0.4 is 10.2 Å². The van der Waals surface area contributed by atoms with Gasteiger partial charge in [-0.05, 0) is 12.1 Å². The minimum atomic E-state index is -0.110. The number of hydrogen-bond donors (Lipinski definition) is 1. The smallest absolute Gasteiger partial charge is 0.235 e. The maximum Gasteiger partial charge on any atom is 0.235 e. The van der Waals surface area contributed by atoms with E-state index >= 15 is 0 Å². The number of para-hydroxylation sites is 1. The fourth-order valence-corrected chi connectivity index (χ4v) is 4.47. The van der Waals surface area contributed by atoms with Crippen LogP contribution in [0.3, 0.4) is 0 Å². The van der Waals surface area contributed by atoms with Crippen LogP contribution in [0.15, 0.2) is 41.0 Å². The highest BCUT2D eigenvalue weighted by Gasteiger charge is 2.14. The van der Waals surface area contributed by atoms with E-state index in [2.05, 4.69) is 25.2 Å². The summed E-state index contributed by atoms with van der Waals surface area (Å²) in [6.07, 6.45) is 1.47. The molecule has 2 aromatic heterocycles. The Labute approximate surface area is 158 Å². The molecule has 26 heavy (non-hydrogen) atoms. The van der Waals surface area contributed by atoms with Crippen LogP contribution in [0.5, 0.6) is 0 Å². The number of carbonyl (C=O) groups excluding carboxylic acids is 1. The van der Waals surface area contributed by atoms with Crippen molar-refractivity contribution in [3.8, 4) is 0 Å². The summed E-state index contributed by atoms with van der Waals surface area (Å²) >= 11 is 3.03. The first-order chi connectivity index (χ1) is 12.8. The van der Waals surface area contributed by atoms with Gasteiger partial charge in [-0.15, -0.1) is 11.3 Å². The Kier molecular flexibility index (Phi) is 5.28. The van der Waals surface area contributed by atoms with E-state index in [1.54, 1.807) is 17.4 Å². The second kappa shape index (κ2) is 7.98. The number of benzene rings is 1. The number of ether oxygens (including phenoxy) is 1. The molecule has 1 saturated heterocycles. The highest BCUT2D eigenvalue weighted by atomic mass is 32.2. The van der Waals surface area contributed by atoms with Crippen LogP contribution in [0, 0.1) is 0 Å². The topological polar surface area (TPSA) is 80.2 Å². The van der Waals surface area contributed by atoms with E-state index in [1.807, 2.05) is 24.3 Å². The number of anilines is 2. The number of thioether (sulfide) groups is 1. The SMILES string of the molecule is O=C(CSc1nc2ccccc2s1)Nc1cc(N2CCOCC2)ncn1. The molecule has 0 atom stereocenters. The van der Waals surface area contributed by atoms with Crippen LogP contribution in [0.25, 0.3) is 10.2 Å². The standard InChI is InChI=1S/C17H17N5O2S2/c23-16(10-25-17-20-12-3-1-2-4-13(12)26-17)21-14-9-15(19-11-18-14)22-5-7-24-8-6-22/h1-4,9,11H,5-8,10H2,(H,18,19,21,23). The maximum absolute atomic E-state index is 12.2. The lowest BCUT2D eigenvalue weighted by Crippen LogP contribution is -2.36. The summed E-state index contributed by atoms with van der Waals surface area (Å²) in [6.45, 7) is 2.95. The number of hydrogen-bond acceptors (Lipinski definition) is 8. The molecule has 7 nitrogen and oxygen atoms in total. The normalized spacial score (nSPS) is 14.5. The summed E-state index contributed by atoms with van der Waals surface area (Å²) < 4.78 is 7.36. The first-order valence-electron chi connectivity index (χ1n) is 8.21. The van der Waals surface area contributed by atoms with Crippen molar-refractivity contribution >= 4 is 50.9 Å². The number of amides is 1. The molecule has 0 unspecified atom stereocenters. The average molecular weight is 387 g/mol. The summed E-state index contributed by atoms with van der Waals surface area (Å²) in [5.41, 5.74) is 0.964. The molecule has 1 amide bonds. The first kappa shape index (κ1) is 17.2. The molecular weight excluding hydrogens is 370 g/mol. The number of rotatable bonds is 5. The van der Waals surface area contributed by atoms with Crippen molar-refractivity contribution in [2.45, 2.75) is 4.34 Å². The number of aromatic nitrogens is 3. The van der Waals surface area contributed by atoms with Crippen molar-refractivity contribution in [2.75, 3.05) is 42.3 Å². The van der Waals surface area contributed by atoms with Gasteiger partial charge in [-0.2, -0.15) is 0 Å². The molecule has 0 radical (unpaired) electrons. The van der Waals surface area contributed by atoms with Crippen molar-refractivity contribution in [1.82, 2.24) is 15.0 Å². The minimum Gasteiger partial charge on any atom is -0.378 e. The highest BCUT2D eigenvalue weighted by Crippen LogP contribution is 2.29. The maximum atomic E-state index is 12.2. The van der Waals surface area contributed by atoms with Gasteiger partial charge in [0.2, 0.25) is 5.91 Å². The van der Waals surface area contributed by atoms with Crippen molar-refractivity contribution in [1.29, 1.82) is 0 Å². The van der Waals surface area contributed by atoms with Gasteiger partial charge in [-0.25, -0.2) is 15.0 Å². The summed E-state index contributed by atoms with van der Waals surface area (Å²) in [5, 5.41) is 2.83. The molecule has 1 aliphatic heterocycles. The molecule has 3 aromatic rings. The van der Waals surface area contributed by atoms with Crippen LogP contribution in [-0.2, 0) is 9.53 Å². The van der Waals surface area contributed by atoms with Gasteiger partial charge < -0.3 is 15.0 Å². The lowest BCUT2D eigenvalue weighted by molar-refractivity contribution is -0.113. The van der Waals surface area contributed by atoms with Crippen LogP contribution in [-0.4, -0.2) is 52.9 Å². The predicted molar refractivity (Wildman–Crippen MR) is 104 cm³/mol. The fraction of sp³-hybridized carbons (Fsp3) is 0.294. The molecule has 0 bridgehead atoms. The fourth-order valence-electron chi connectivity index (χ4n) is 2.60. The van der Waals surface area contributed by atoms with Gasteiger partial charge >= 0.3 is 0 Å². The Hall–Kier alpha value is -2.23. The van der Waals surface area contributed by atoms with Crippen LogP contribution in [0.4, 0.5) is 11.6 Å². The highest BCUT2D eigenvalue weighted by molar-refractivity contribution is 8.01. The van der Waals surface area contributed by atoms with E-state index in [0.717, 1.165) is 33.5 Å². The monoisotopic (exact) mass is 387 g/mol. The zero-order valence-corrected chi connectivity index (χ0v) is 15.6. The number of nitrogens with zero attached hydrogens (tertiary/aromatic N) is 4. The number of carbonyl (C=O) groups is 1. The third-order valence-electron chi connectivity index (χ3n) is 3.86. The van der Waals surface area contributed by atoms with E-state index in [1.165, 1.54) is 18.1 Å². The Morgan fingerprint density at radius 3 is 2.96 bits per heavy atom. The van der Waals surface area contributed by atoms with Gasteiger partial charge in [0, 0.05) is 19.2 Å². The zero-order chi connectivity index (χ0) is 17.8. The molecule has 1 aromatic carbocycles. The van der Waals surface area contributed by atoms with Crippen LogP contribution in [0.2, 0.25) is 0 Å². The third kappa shape index (κ3) is 4.12. The van der Waals surface area contributed by atoms with E-state index in [-0.39, 0.29) is 11.7 Å². The van der Waals surface area contributed by atoms with Gasteiger partial charge in [-0.1, -0.05) is 23.9 Å². The molecule has 1 N–H and O–H groups in total. The van der Waals surface area contributed by atoms with E-state index in [9.17, 15) is 4.79 Å². The summed E-state index contributed by atoms with van der Waals surface area (Å²) in [5.74, 6) is 1.49. The van der Waals surface area contributed by atoms with Gasteiger partial charge in [0.05, 0.1) is 29.2 Å². The molecular formula is C17H17N5O2S2. The lowest BCUT2D eigenvalue weighted by Gasteiger charge is -2.27. The molecule has 4 rings (SSSR count). The molecule has 1 fully saturated rings. The van der Waals surface area contributed by atoms with Crippen molar-refractivity contribution in [2.24, 2.45) is 0 Å². The van der Waals surface area contributed by atoms with Gasteiger partial charge in [-0.3, -0.25) is 4.79 Å². The van der Waals surface area contributed by atoms with Gasteiger partial charge in [0.25, 0.3) is 0 Å². The molecule has 0 aliphatic carbocycles. The summed E-state index contributed by atoms with van der Waals surface area (Å²) in [4.78, 5) is 27.3. The molecule has 0 spiro atoms. The van der Waals surface area contributed by atoms with Crippen molar-refractivity contribution in [3.05, 3.63) is 36.7 Å². The quantitative estimate of drug-likeness (QED) is 0.674. The first-order valence-corrected chi connectivity index (χ1v) is 10.0. The largest absolute Gasteiger partial charge is 0.378 e. The Bertz CT molecular complexity index is 878. The minimum absolute atomic E-state index is 0.110. The van der Waals surface area contributed by atoms with E-state index < -0.39 is 0 Å². The zero-order valence-electron chi connectivity index (χ0n) is 13.9. The van der Waals surface area contributed by atoms with Crippen molar-refractivity contribution in [3.63, 3.8) is 0 Å². The predicted octanol–water partition coefficient (Wildman–Crippen LogP) is 2.65. The van der Waals surface area contributed by atoms with Gasteiger partial charge in [0.15, 0.2) is 4.34 Å². The molecule has 9 heteroatoms. The van der Waals surface area contributed by atoms with E-state index in [4.69, 9.17) is 4.74 Å². The van der Waals surface area contributed by atoms with E-state index in [0.29, 0.717) is 19.0 Å². The third-order valence-corrected chi connectivity index (χ3v) is 6.04. The average Bonchev–Trinajstić information content (AvgIpc) is 3.10. The lowest BCUT2D eigenvalue weighted by atomic mass is 10.3. The second-order valence-corrected chi connectivity index (χ2v) is 7.90. The second-order valence-electron chi connectivity index (χ2n) is 5.65. The summed E-state index contributed by atoms with van der Waals surface area (Å²) in [7, 11) is 0. The van der Waals surface area contributed by atoms with Gasteiger partial charge in [0.1, 0.15) is 18.0 Å². The number of nitrogens with one attached hydrogen (secondary N) is 1. The van der Waals surface area contributed by atoms with Crippen LogP contribution >= 0.6 is 23.1 Å². The molecule has 0 saturated carbocycles. The van der Waals surface area contributed by atoms with Crippen molar-refractivity contribution < 1.29 is 9.53 Å². The Balaban J connectivity index is 1.35. The number of fused-ring (bicyclic) bond motifs is 1. The van der Waals surface area contributed by atoms with Crippen LogP contribution in [0.1, 0.15) is 0 Å². The Morgan fingerprint density at radius 2 is 2.12 bits per heavy atom. The molecule has 134 valence electrons. The number of thiazole rings is 1. The molecule has 3 heterocycles. The number of morpholine rings is 1. The Morgan fingerprint density at radius 1 is 1.27 bits per heavy atom. The summed E-state index contributed by atoms with van der Waals surface area (Å²) in [6, 6.07) is 9.76. The molecule has 1 aliphatic rings.